The molecule has 1 saturated heterocycles. The molecular weight excluding hydrogens is 352 g/mol. The van der Waals surface area contributed by atoms with Gasteiger partial charge in [-0.2, -0.15) is 0 Å². The molecule has 2 aromatic rings. The lowest BCUT2D eigenvalue weighted by atomic mass is 9.94. The molecule has 1 saturated carbocycles. The van der Waals surface area contributed by atoms with E-state index in [2.05, 4.69) is 9.59 Å². The Morgan fingerprint density at radius 2 is 1.85 bits per heavy atom. The summed E-state index contributed by atoms with van der Waals surface area (Å²) < 4.78 is 9.04. The van der Waals surface area contributed by atoms with Gasteiger partial charge in [-0.3, -0.25) is 14.6 Å². The Bertz CT molecular complexity index is 844. The summed E-state index contributed by atoms with van der Waals surface area (Å²) in [5, 5.41) is 7.10. The van der Waals surface area contributed by atoms with Gasteiger partial charge in [0.2, 0.25) is 0 Å². The highest BCUT2D eigenvalue weighted by atomic mass is 32.1. The number of rotatable bonds is 4. The summed E-state index contributed by atoms with van der Waals surface area (Å²) in [5.74, 6) is 0.584. The normalized spacial score (nSPS) is 18.1. The van der Waals surface area contributed by atoms with E-state index in [-0.39, 0.29) is 11.8 Å². The van der Waals surface area contributed by atoms with Crippen LogP contribution in [0, 0.1) is 6.92 Å². The van der Waals surface area contributed by atoms with E-state index < -0.39 is 5.41 Å². The number of amides is 2. The van der Waals surface area contributed by atoms with Gasteiger partial charge in [-0.15, -0.1) is 5.10 Å². The van der Waals surface area contributed by atoms with Gasteiger partial charge in [-0.05, 0) is 55.4 Å². The molecule has 136 valence electrons. The van der Waals surface area contributed by atoms with Crippen molar-refractivity contribution in [2.45, 2.75) is 31.6 Å². The maximum Gasteiger partial charge on any atom is 0.286 e. The molecule has 7 nitrogen and oxygen atoms in total. The number of hydrazine groups is 1. The van der Waals surface area contributed by atoms with Crippen molar-refractivity contribution in [3.8, 4) is 5.75 Å². The Balaban J connectivity index is 1.58. The van der Waals surface area contributed by atoms with E-state index in [4.69, 9.17) is 4.74 Å². The largest absolute Gasteiger partial charge is 0.497 e. The molecule has 0 bridgehead atoms. The highest BCUT2D eigenvalue weighted by Gasteiger charge is 2.55. The minimum Gasteiger partial charge on any atom is -0.497 e. The van der Waals surface area contributed by atoms with Crippen molar-refractivity contribution in [2.75, 3.05) is 20.2 Å². The number of hydrogen-bond acceptors (Lipinski definition) is 6. The predicted octanol–water partition coefficient (Wildman–Crippen LogP) is 2.18. The van der Waals surface area contributed by atoms with Crippen LogP contribution < -0.4 is 4.74 Å². The molecule has 0 N–H and O–H groups in total. The van der Waals surface area contributed by atoms with Crippen molar-refractivity contribution >= 4 is 23.3 Å². The summed E-state index contributed by atoms with van der Waals surface area (Å²) >= 11 is 1.08. The van der Waals surface area contributed by atoms with Crippen LogP contribution in [0.15, 0.2) is 24.3 Å². The molecule has 0 radical (unpaired) electrons. The van der Waals surface area contributed by atoms with E-state index in [1.807, 2.05) is 24.3 Å². The molecule has 1 aliphatic heterocycles. The average molecular weight is 372 g/mol. The number of benzene rings is 1. The van der Waals surface area contributed by atoms with Crippen LogP contribution in [-0.4, -0.2) is 51.6 Å². The van der Waals surface area contributed by atoms with E-state index in [1.54, 1.807) is 24.1 Å². The molecule has 2 amide bonds. The van der Waals surface area contributed by atoms with Gasteiger partial charge < -0.3 is 4.74 Å². The highest BCUT2D eigenvalue weighted by Crippen LogP contribution is 2.50. The third kappa shape index (κ3) is 2.65. The Kier molecular flexibility index (Phi) is 4.14. The van der Waals surface area contributed by atoms with Crippen LogP contribution in [0.2, 0.25) is 0 Å². The number of nitrogens with zero attached hydrogens (tertiary/aromatic N) is 4. The van der Waals surface area contributed by atoms with Crippen molar-refractivity contribution in [1.29, 1.82) is 0 Å². The summed E-state index contributed by atoms with van der Waals surface area (Å²) in [5.41, 5.74) is 1.07. The number of ether oxygens (including phenoxy) is 1. The molecule has 1 aromatic heterocycles. The first-order chi connectivity index (χ1) is 12.6. The molecule has 26 heavy (non-hydrogen) atoms. The monoisotopic (exact) mass is 372 g/mol. The van der Waals surface area contributed by atoms with Crippen LogP contribution >= 0.6 is 11.5 Å². The molecule has 2 heterocycles. The number of carbonyl (C=O) groups excluding carboxylic acids is 2. The fraction of sp³-hybridized carbons (Fsp3) is 0.444. The van der Waals surface area contributed by atoms with E-state index in [0.717, 1.165) is 42.1 Å². The lowest BCUT2D eigenvalue weighted by Crippen LogP contribution is -2.48. The van der Waals surface area contributed by atoms with Gasteiger partial charge in [0.1, 0.15) is 10.6 Å². The van der Waals surface area contributed by atoms with Gasteiger partial charge >= 0.3 is 0 Å². The number of methoxy groups -OCH3 is 1. The van der Waals surface area contributed by atoms with Crippen LogP contribution in [0.25, 0.3) is 0 Å². The predicted molar refractivity (Wildman–Crippen MR) is 95.9 cm³/mol. The minimum atomic E-state index is -0.518. The average Bonchev–Trinajstić information content (AvgIpc) is 3.12. The standard InChI is InChI=1S/C18H20N4O3S/c1-12-15(26-20-19-12)16(23)21-10-3-11-22(21)17(24)18(8-9-18)13-4-6-14(25-2)7-5-13/h4-7H,3,8-11H2,1-2H3. The highest BCUT2D eigenvalue weighted by molar-refractivity contribution is 7.07. The lowest BCUT2D eigenvalue weighted by Gasteiger charge is -2.31. The maximum atomic E-state index is 13.3. The Morgan fingerprint density at radius 3 is 2.42 bits per heavy atom. The van der Waals surface area contributed by atoms with Gasteiger partial charge in [-0.25, -0.2) is 5.01 Å². The molecule has 0 atom stereocenters. The third-order valence-electron chi connectivity index (χ3n) is 5.15. The fourth-order valence-electron chi connectivity index (χ4n) is 3.49. The van der Waals surface area contributed by atoms with Crippen molar-refractivity contribution in [3.63, 3.8) is 0 Å². The van der Waals surface area contributed by atoms with Gasteiger partial charge in [-0.1, -0.05) is 16.6 Å². The Morgan fingerprint density at radius 1 is 1.15 bits per heavy atom. The lowest BCUT2D eigenvalue weighted by molar-refractivity contribution is -0.143. The van der Waals surface area contributed by atoms with Crippen molar-refractivity contribution in [2.24, 2.45) is 0 Å². The summed E-state index contributed by atoms with van der Waals surface area (Å²) in [6.07, 6.45) is 2.39. The number of aromatic nitrogens is 2. The summed E-state index contributed by atoms with van der Waals surface area (Å²) in [6, 6.07) is 7.65. The Hall–Kier alpha value is -2.48. The summed E-state index contributed by atoms with van der Waals surface area (Å²) in [4.78, 5) is 26.7. The second-order valence-electron chi connectivity index (χ2n) is 6.71. The first-order valence-electron chi connectivity index (χ1n) is 8.64. The first kappa shape index (κ1) is 17.0. The maximum absolute atomic E-state index is 13.3. The minimum absolute atomic E-state index is 0.00337. The van der Waals surface area contributed by atoms with Gasteiger partial charge in [0.25, 0.3) is 11.8 Å². The van der Waals surface area contributed by atoms with E-state index in [0.29, 0.717) is 23.7 Å². The van der Waals surface area contributed by atoms with Crippen LogP contribution in [0.5, 0.6) is 5.75 Å². The van der Waals surface area contributed by atoms with E-state index in [9.17, 15) is 9.59 Å². The number of hydrogen-bond donors (Lipinski definition) is 0. The third-order valence-corrected chi connectivity index (χ3v) is 5.96. The van der Waals surface area contributed by atoms with Crippen LogP contribution in [0.1, 0.15) is 40.2 Å². The van der Waals surface area contributed by atoms with E-state index >= 15 is 0 Å². The van der Waals surface area contributed by atoms with Crippen LogP contribution in [-0.2, 0) is 10.2 Å². The molecular formula is C18H20N4O3S. The molecule has 8 heteroatoms. The Labute approximate surface area is 155 Å². The quantitative estimate of drug-likeness (QED) is 0.822. The topological polar surface area (TPSA) is 75.6 Å². The van der Waals surface area contributed by atoms with Gasteiger partial charge in [0.15, 0.2) is 0 Å². The molecule has 0 unspecified atom stereocenters. The second-order valence-corrected chi connectivity index (χ2v) is 7.46. The van der Waals surface area contributed by atoms with Gasteiger partial charge in [0, 0.05) is 13.1 Å². The molecule has 0 spiro atoms. The van der Waals surface area contributed by atoms with Crippen LogP contribution in [0.3, 0.4) is 0 Å². The van der Waals surface area contributed by atoms with Crippen molar-refractivity contribution < 1.29 is 14.3 Å². The second kappa shape index (κ2) is 6.35. The summed E-state index contributed by atoms with van der Waals surface area (Å²) in [6.45, 7) is 2.87. The van der Waals surface area contributed by atoms with Crippen LogP contribution in [0.4, 0.5) is 0 Å². The molecule has 4 rings (SSSR count). The van der Waals surface area contributed by atoms with Gasteiger partial charge in [0.05, 0.1) is 18.2 Å². The van der Waals surface area contributed by atoms with Crippen molar-refractivity contribution in [3.05, 3.63) is 40.4 Å². The summed E-state index contributed by atoms with van der Waals surface area (Å²) in [7, 11) is 1.62. The molecule has 2 fully saturated rings. The smallest absolute Gasteiger partial charge is 0.286 e. The zero-order valence-corrected chi connectivity index (χ0v) is 15.6. The molecule has 2 aliphatic rings. The number of aryl methyl sites for hydroxylation is 1. The molecule has 1 aliphatic carbocycles. The first-order valence-corrected chi connectivity index (χ1v) is 9.41. The SMILES string of the molecule is COc1ccc(C2(C(=O)N3CCCN3C(=O)c3snnc3C)CC2)cc1. The zero-order valence-electron chi connectivity index (χ0n) is 14.8. The number of carbonyl (C=O) groups is 2. The van der Waals surface area contributed by atoms with E-state index in [1.165, 1.54) is 0 Å². The zero-order chi connectivity index (χ0) is 18.3. The van der Waals surface area contributed by atoms with Crippen molar-refractivity contribution in [1.82, 2.24) is 19.6 Å². The molecule has 1 aromatic carbocycles. The fourth-order valence-corrected chi connectivity index (χ4v) is 4.09.